The molecule has 0 amide bonds. The number of benzene rings is 2. The number of rotatable bonds is 3. The highest BCUT2D eigenvalue weighted by Crippen LogP contribution is 2.33. The minimum absolute atomic E-state index is 0.549. The first-order chi connectivity index (χ1) is 8.65. The Morgan fingerprint density at radius 2 is 1.89 bits per heavy atom. The van der Waals surface area contributed by atoms with Gasteiger partial charge in [-0.1, -0.05) is 29.3 Å². The Morgan fingerprint density at radius 3 is 2.56 bits per heavy atom. The Balaban J connectivity index is 2.67. The average Bonchev–Trinajstić information content (AvgIpc) is 2.38. The van der Waals surface area contributed by atoms with Crippen LogP contribution >= 0.6 is 11.6 Å². The molecule has 0 aromatic heterocycles. The van der Waals surface area contributed by atoms with Crippen molar-refractivity contribution >= 4 is 17.9 Å². The first kappa shape index (κ1) is 12.7. The Labute approximate surface area is 111 Å². The highest BCUT2D eigenvalue weighted by molar-refractivity contribution is 6.31. The zero-order chi connectivity index (χ0) is 13.1. The molecule has 92 valence electrons. The molecule has 0 unspecified atom stereocenters. The van der Waals surface area contributed by atoms with Crippen molar-refractivity contribution in [2.24, 2.45) is 0 Å². The number of carbonyl (C=O) groups excluding carboxylic acids is 1. The van der Waals surface area contributed by atoms with Crippen LogP contribution in [0, 0.1) is 6.92 Å². The van der Waals surface area contributed by atoms with E-state index >= 15 is 0 Å². The number of hydrogen-bond donors (Lipinski definition) is 0. The molecule has 2 rings (SSSR count). The van der Waals surface area contributed by atoms with Gasteiger partial charge in [-0.05, 0) is 36.8 Å². The van der Waals surface area contributed by atoms with Gasteiger partial charge in [0.05, 0.1) is 7.11 Å². The second-order valence-electron chi connectivity index (χ2n) is 4.05. The maximum absolute atomic E-state index is 11.1. The van der Waals surface area contributed by atoms with Crippen molar-refractivity contribution in [2.75, 3.05) is 7.11 Å². The predicted molar refractivity (Wildman–Crippen MR) is 73.6 cm³/mol. The summed E-state index contributed by atoms with van der Waals surface area (Å²) in [5.74, 6) is 0.742. The number of halogens is 1. The normalized spacial score (nSPS) is 10.2. The van der Waals surface area contributed by atoms with Gasteiger partial charge < -0.3 is 4.74 Å². The smallest absolute Gasteiger partial charge is 0.150 e. The third-order valence-corrected chi connectivity index (χ3v) is 3.02. The van der Waals surface area contributed by atoms with Gasteiger partial charge in [-0.25, -0.2) is 0 Å². The van der Waals surface area contributed by atoms with Crippen molar-refractivity contribution in [3.63, 3.8) is 0 Å². The van der Waals surface area contributed by atoms with E-state index in [1.165, 1.54) is 0 Å². The van der Waals surface area contributed by atoms with Crippen molar-refractivity contribution < 1.29 is 9.53 Å². The van der Waals surface area contributed by atoms with Crippen LogP contribution in [0.4, 0.5) is 0 Å². The lowest BCUT2D eigenvalue weighted by Crippen LogP contribution is -1.92. The summed E-state index contributed by atoms with van der Waals surface area (Å²) in [6.07, 6.45) is 0.809. The molecule has 0 spiro atoms. The molecule has 18 heavy (non-hydrogen) atoms. The summed E-state index contributed by atoms with van der Waals surface area (Å²) < 4.78 is 5.34. The first-order valence-electron chi connectivity index (χ1n) is 5.55. The van der Waals surface area contributed by atoms with Gasteiger partial charge in [0.1, 0.15) is 5.75 Å². The zero-order valence-electron chi connectivity index (χ0n) is 10.2. The minimum atomic E-state index is 0.549. The maximum Gasteiger partial charge on any atom is 0.150 e. The third-order valence-electron chi connectivity index (χ3n) is 2.79. The Morgan fingerprint density at radius 1 is 1.11 bits per heavy atom. The van der Waals surface area contributed by atoms with Gasteiger partial charge in [0.15, 0.2) is 6.29 Å². The van der Waals surface area contributed by atoms with Crippen molar-refractivity contribution in [1.29, 1.82) is 0 Å². The van der Waals surface area contributed by atoms with E-state index in [4.69, 9.17) is 16.3 Å². The number of hydrogen-bond acceptors (Lipinski definition) is 2. The van der Waals surface area contributed by atoms with E-state index in [2.05, 4.69) is 0 Å². The minimum Gasteiger partial charge on any atom is -0.496 e. The van der Waals surface area contributed by atoms with Gasteiger partial charge in [0, 0.05) is 16.1 Å². The van der Waals surface area contributed by atoms with Crippen LogP contribution in [0.2, 0.25) is 5.02 Å². The first-order valence-corrected chi connectivity index (χ1v) is 5.93. The van der Waals surface area contributed by atoms with E-state index in [-0.39, 0.29) is 0 Å². The number of aldehydes is 1. The summed E-state index contributed by atoms with van der Waals surface area (Å²) in [7, 11) is 1.62. The fraction of sp³-hybridized carbons (Fsp3) is 0.133. The molecule has 0 aliphatic carbocycles. The third kappa shape index (κ3) is 2.39. The van der Waals surface area contributed by atoms with Crippen LogP contribution in [0.25, 0.3) is 11.1 Å². The Hall–Kier alpha value is -1.80. The van der Waals surface area contributed by atoms with E-state index in [1.807, 2.05) is 31.2 Å². The molecule has 2 aromatic carbocycles. The molecule has 0 atom stereocenters. The summed E-state index contributed by atoms with van der Waals surface area (Å²) in [6, 6.07) is 11.1. The van der Waals surface area contributed by atoms with E-state index in [9.17, 15) is 4.79 Å². The second-order valence-corrected chi connectivity index (χ2v) is 4.49. The van der Waals surface area contributed by atoms with Crippen LogP contribution in [0.1, 0.15) is 15.9 Å². The molecule has 0 aliphatic heterocycles. The summed E-state index contributed by atoms with van der Waals surface area (Å²) >= 11 is 5.90. The van der Waals surface area contributed by atoms with Crippen LogP contribution in [0.5, 0.6) is 5.75 Å². The number of methoxy groups -OCH3 is 1. The molecule has 2 aromatic rings. The molecule has 0 bridgehead atoms. The van der Waals surface area contributed by atoms with Gasteiger partial charge in [-0.3, -0.25) is 4.79 Å². The fourth-order valence-electron chi connectivity index (χ4n) is 1.91. The molecule has 0 saturated carbocycles. The van der Waals surface area contributed by atoms with E-state index in [1.54, 1.807) is 19.2 Å². The van der Waals surface area contributed by atoms with Gasteiger partial charge in [-0.2, -0.15) is 0 Å². The van der Waals surface area contributed by atoms with Crippen LogP contribution < -0.4 is 4.74 Å². The highest BCUT2D eigenvalue weighted by Gasteiger charge is 2.10. The van der Waals surface area contributed by atoms with Crippen molar-refractivity contribution in [1.82, 2.24) is 0 Å². The summed E-state index contributed by atoms with van der Waals surface area (Å²) in [5, 5.41) is 0.549. The van der Waals surface area contributed by atoms with Crippen LogP contribution in [-0.2, 0) is 0 Å². The lowest BCUT2D eigenvalue weighted by Gasteiger charge is -2.11. The Bertz CT molecular complexity index is 591. The van der Waals surface area contributed by atoms with Crippen LogP contribution in [-0.4, -0.2) is 13.4 Å². The van der Waals surface area contributed by atoms with Gasteiger partial charge in [0.2, 0.25) is 0 Å². The lowest BCUT2D eigenvalue weighted by atomic mass is 9.98. The largest absolute Gasteiger partial charge is 0.496 e. The maximum atomic E-state index is 11.1. The number of carbonyl (C=O) groups is 1. The SMILES string of the molecule is COc1ccc(C)cc1-c1ccc(Cl)cc1C=O. The summed E-state index contributed by atoms with van der Waals surface area (Å²) in [5.41, 5.74) is 3.40. The molecule has 0 radical (unpaired) electrons. The van der Waals surface area contributed by atoms with Gasteiger partial charge in [-0.15, -0.1) is 0 Å². The molecular weight excluding hydrogens is 248 g/mol. The molecule has 0 saturated heterocycles. The summed E-state index contributed by atoms with van der Waals surface area (Å²) in [6.45, 7) is 2.00. The van der Waals surface area contributed by atoms with Crippen molar-refractivity contribution in [3.05, 3.63) is 52.5 Å². The zero-order valence-corrected chi connectivity index (χ0v) is 11.0. The number of ether oxygens (including phenoxy) is 1. The molecule has 0 aliphatic rings. The second kappa shape index (κ2) is 5.23. The fourth-order valence-corrected chi connectivity index (χ4v) is 2.09. The predicted octanol–water partition coefficient (Wildman–Crippen LogP) is 4.14. The average molecular weight is 261 g/mol. The monoisotopic (exact) mass is 260 g/mol. The molecule has 3 heteroatoms. The summed E-state index contributed by atoms with van der Waals surface area (Å²) in [4.78, 5) is 11.1. The van der Waals surface area contributed by atoms with Crippen molar-refractivity contribution in [2.45, 2.75) is 6.92 Å². The van der Waals surface area contributed by atoms with E-state index in [0.717, 1.165) is 28.7 Å². The van der Waals surface area contributed by atoms with Gasteiger partial charge in [0.25, 0.3) is 0 Å². The molecule has 0 fully saturated rings. The number of aryl methyl sites for hydroxylation is 1. The standard InChI is InChI=1S/C15H13ClO2/c1-10-3-6-15(18-2)14(7-10)13-5-4-12(16)8-11(13)9-17/h3-9H,1-2H3. The molecule has 2 nitrogen and oxygen atoms in total. The van der Waals surface area contributed by atoms with Gasteiger partial charge >= 0.3 is 0 Å². The Kier molecular flexibility index (Phi) is 3.68. The molecule has 0 heterocycles. The van der Waals surface area contributed by atoms with E-state index in [0.29, 0.717) is 10.6 Å². The highest BCUT2D eigenvalue weighted by atomic mass is 35.5. The quantitative estimate of drug-likeness (QED) is 0.776. The lowest BCUT2D eigenvalue weighted by molar-refractivity contribution is 0.112. The van der Waals surface area contributed by atoms with Crippen molar-refractivity contribution in [3.8, 4) is 16.9 Å². The molecule has 0 N–H and O–H groups in total. The van der Waals surface area contributed by atoms with Crippen LogP contribution in [0.3, 0.4) is 0 Å². The van der Waals surface area contributed by atoms with E-state index < -0.39 is 0 Å². The van der Waals surface area contributed by atoms with Crippen LogP contribution in [0.15, 0.2) is 36.4 Å². The molecular formula is C15H13ClO2. The topological polar surface area (TPSA) is 26.3 Å².